The lowest BCUT2D eigenvalue weighted by molar-refractivity contribution is 0.0858. The van der Waals surface area contributed by atoms with Gasteiger partial charge in [-0.25, -0.2) is 4.21 Å². The zero-order valence-corrected chi connectivity index (χ0v) is 17.5. The molecule has 1 N–H and O–H groups in total. The van der Waals surface area contributed by atoms with E-state index in [-0.39, 0.29) is 4.90 Å². The Hall–Kier alpha value is -0.873. The molecule has 0 amide bonds. The van der Waals surface area contributed by atoms with Gasteiger partial charge in [-0.05, 0) is 44.7 Å². The fraction of sp³-hybridized carbons (Fsp3) is 0.412. The lowest BCUT2D eigenvalue weighted by atomic mass is 10.1. The van der Waals surface area contributed by atoms with Crippen molar-refractivity contribution >= 4 is 44.7 Å². The first-order valence-corrected chi connectivity index (χ1v) is 12.4. The molecule has 1 atom stereocenters. The standard InChI is InChI=1S/C17H24O5S2Si/c1-5-20-25(21-6-2,22-7-3)16-12-14-10-8-9-11-15(14)17(13(16)4)24(18,19)23/h8-12H,5-7H2,1-4H3,(H,18,19,23). The van der Waals surface area contributed by atoms with E-state index in [1.54, 1.807) is 13.0 Å². The summed E-state index contributed by atoms with van der Waals surface area (Å²) in [5.74, 6) is 0. The van der Waals surface area contributed by atoms with Gasteiger partial charge < -0.3 is 17.8 Å². The quantitative estimate of drug-likeness (QED) is 0.687. The molecule has 138 valence electrons. The van der Waals surface area contributed by atoms with Gasteiger partial charge in [0.1, 0.15) is 0 Å². The second-order valence-corrected chi connectivity index (χ2v) is 10.7. The van der Waals surface area contributed by atoms with E-state index in [0.29, 0.717) is 36.0 Å². The van der Waals surface area contributed by atoms with Crippen molar-refractivity contribution in [3.8, 4) is 0 Å². The smallest absolute Gasteiger partial charge is 0.370 e. The third-order valence-electron chi connectivity index (χ3n) is 3.84. The van der Waals surface area contributed by atoms with Gasteiger partial charge in [-0.15, -0.1) is 0 Å². The molecule has 0 spiro atoms. The van der Waals surface area contributed by atoms with Gasteiger partial charge in [-0.3, -0.25) is 0 Å². The van der Waals surface area contributed by atoms with Crippen LogP contribution in [0.15, 0.2) is 35.2 Å². The summed E-state index contributed by atoms with van der Waals surface area (Å²) in [7, 11) is -6.83. The topological polar surface area (TPSA) is 65.0 Å². The van der Waals surface area contributed by atoms with Crippen molar-refractivity contribution < 1.29 is 22.0 Å². The summed E-state index contributed by atoms with van der Waals surface area (Å²) >= 11 is 4.92. The highest BCUT2D eigenvalue weighted by Gasteiger charge is 2.45. The van der Waals surface area contributed by atoms with Gasteiger partial charge in [-0.2, -0.15) is 0 Å². The van der Waals surface area contributed by atoms with E-state index in [9.17, 15) is 8.76 Å². The van der Waals surface area contributed by atoms with E-state index in [0.717, 1.165) is 5.39 Å². The molecule has 0 bridgehead atoms. The van der Waals surface area contributed by atoms with E-state index in [4.69, 9.17) is 24.5 Å². The molecule has 0 heterocycles. The molecule has 2 aromatic rings. The van der Waals surface area contributed by atoms with E-state index in [2.05, 4.69) is 0 Å². The lowest BCUT2D eigenvalue weighted by Crippen LogP contribution is -2.58. The Morgan fingerprint density at radius 2 is 1.60 bits per heavy atom. The summed E-state index contributed by atoms with van der Waals surface area (Å²) in [4.78, 5) is 0.242. The van der Waals surface area contributed by atoms with Crippen LogP contribution in [0.4, 0.5) is 0 Å². The van der Waals surface area contributed by atoms with Gasteiger partial charge in [0.25, 0.3) is 0 Å². The normalized spacial score (nSPS) is 14.6. The molecule has 25 heavy (non-hydrogen) atoms. The van der Waals surface area contributed by atoms with Crippen molar-refractivity contribution in [3.05, 3.63) is 35.9 Å². The number of hydrogen-bond donors (Lipinski definition) is 1. The minimum Gasteiger partial charge on any atom is -0.370 e. The Kier molecular flexibility index (Phi) is 6.72. The molecule has 8 heteroatoms. The fourth-order valence-corrected chi connectivity index (χ4v) is 7.47. The van der Waals surface area contributed by atoms with Gasteiger partial charge in [0.05, 0.1) is 4.90 Å². The van der Waals surface area contributed by atoms with Crippen LogP contribution >= 0.6 is 0 Å². The molecule has 5 nitrogen and oxygen atoms in total. The largest absolute Gasteiger partial charge is 0.537 e. The Morgan fingerprint density at radius 1 is 1.08 bits per heavy atom. The lowest BCUT2D eigenvalue weighted by Gasteiger charge is -2.30. The zero-order valence-electron chi connectivity index (χ0n) is 14.9. The van der Waals surface area contributed by atoms with Crippen LogP contribution in [0.2, 0.25) is 0 Å². The van der Waals surface area contributed by atoms with Crippen molar-refractivity contribution in [2.45, 2.75) is 32.6 Å². The first-order chi connectivity index (χ1) is 11.8. The molecule has 1 unspecified atom stereocenters. The maximum atomic E-state index is 12.4. The molecule has 0 saturated heterocycles. The molecule has 0 saturated carbocycles. The average Bonchev–Trinajstić information content (AvgIpc) is 2.53. The van der Waals surface area contributed by atoms with Crippen LogP contribution in [0.1, 0.15) is 26.3 Å². The van der Waals surface area contributed by atoms with Crippen LogP contribution in [-0.2, 0) is 33.2 Å². The van der Waals surface area contributed by atoms with E-state index >= 15 is 0 Å². The highest BCUT2D eigenvalue weighted by Crippen LogP contribution is 2.28. The maximum Gasteiger partial charge on any atom is 0.537 e. The van der Waals surface area contributed by atoms with Crippen LogP contribution < -0.4 is 5.19 Å². The summed E-state index contributed by atoms with van der Waals surface area (Å²) in [6.45, 7) is 8.64. The zero-order chi connectivity index (χ0) is 18.7. The van der Waals surface area contributed by atoms with Crippen LogP contribution in [0.3, 0.4) is 0 Å². The minimum absolute atomic E-state index is 0.242. The Labute approximate surface area is 155 Å². The van der Waals surface area contributed by atoms with E-state index < -0.39 is 17.6 Å². The summed E-state index contributed by atoms with van der Waals surface area (Å²) in [6.07, 6.45) is 0. The first kappa shape index (κ1) is 20.4. The number of benzene rings is 2. The SMILES string of the molecule is CCO[Si](OCC)(OCC)c1cc2ccccc2c(S(=O)(O)=S)c1C. The van der Waals surface area contributed by atoms with Crippen LogP contribution in [0, 0.1) is 6.92 Å². The predicted octanol–water partition coefficient (Wildman–Crippen LogP) is 2.98. The Morgan fingerprint density at radius 3 is 2.08 bits per heavy atom. The van der Waals surface area contributed by atoms with Crippen molar-refractivity contribution in [1.82, 2.24) is 0 Å². The molecule has 2 aromatic carbocycles. The summed E-state index contributed by atoms with van der Waals surface area (Å²) < 4.78 is 40.6. The van der Waals surface area contributed by atoms with E-state index in [1.807, 2.05) is 45.0 Å². The molecule has 0 fully saturated rings. The number of fused-ring (bicyclic) bond motifs is 1. The molecule has 0 aromatic heterocycles. The third kappa shape index (κ3) is 4.11. The molecule has 0 aliphatic carbocycles. The highest BCUT2D eigenvalue weighted by atomic mass is 32.8. The van der Waals surface area contributed by atoms with Crippen LogP contribution in [0.25, 0.3) is 10.8 Å². The fourth-order valence-electron chi connectivity index (χ4n) is 3.00. The summed E-state index contributed by atoms with van der Waals surface area (Å²) in [5.41, 5.74) is 0.600. The van der Waals surface area contributed by atoms with Gasteiger partial charge in [0.15, 0.2) is 8.77 Å². The van der Waals surface area contributed by atoms with Crippen molar-refractivity contribution in [1.29, 1.82) is 0 Å². The van der Waals surface area contributed by atoms with Gasteiger partial charge >= 0.3 is 8.80 Å². The third-order valence-corrected chi connectivity index (χ3v) is 8.57. The molecular weight excluding hydrogens is 376 g/mol. The molecule has 2 rings (SSSR count). The maximum absolute atomic E-state index is 12.4. The number of rotatable bonds is 8. The van der Waals surface area contributed by atoms with Crippen LogP contribution in [-0.4, -0.2) is 37.4 Å². The highest BCUT2D eigenvalue weighted by molar-refractivity contribution is 8.29. The van der Waals surface area contributed by atoms with Crippen molar-refractivity contribution in [3.63, 3.8) is 0 Å². The second-order valence-electron chi connectivity index (χ2n) is 5.43. The minimum atomic E-state index is -3.60. The molecule has 0 aliphatic heterocycles. The Bertz CT molecular complexity index is 834. The summed E-state index contributed by atoms with van der Waals surface area (Å²) in [5, 5.41) is 2.16. The second kappa shape index (κ2) is 8.21. The first-order valence-electron chi connectivity index (χ1n) is 8.22. The molecular formula is C17H24O5S2Si. The van der Waals surface area contributed by atoms with Crippen molar-refractivity contribution in [2.24, 2.45) is 0 Å². The molecule has 0 radical (unpaired) electrons. The Balaban J connectivity index is 2.90. The van der Waals surface area contributed by atoms with Gasteiger partial charge in [-0.1, -0.05) is 24.3 Å². The van der Waals surface area contributed by atoms with Gasteiger partial charge in [0.2, 0.25) is 0 Å². The summed E-state index contributed by atoms with van der Waals surface area (Å²) in [6, 6.07) is 9.31. The molecule has 0 aliphatic rings. The van der Waals surface area contributed by atoms with E-state index in [1.165, 1.54) is 0 Å². The monoisotopic (exact) mass is 400 g/mol. The van der Waals surface area contributed by atoms with Crippen molar-refractivity contribution in [2.75, 3.05) is 19.8 Å². The van der Waals surface area contributed by atoms with Gasteiger partial charge in [0, 0.05) is 41.6 Å². The predicted molar refractivity (Wildman–Crippen MR) is 105 cm³/mol. The number of hydrogen-bond acceptors (Lipinski definition) is 5. The average molecular weight is 401 g/mol. The van der Waals surface area contributed by atoms with Crippen LogP contribution in [0.5, 0.6) is 0 Å².